The summed E-state index contributed by atoms with van der Waals surface area (Å²) in [6.45, 7) is 5.38. The maximum atomic E-state index is 13.4. The first kappa shape index (κ1) is 57.6. The molecule has 1 fully saturated rings. The molecule has 67 heavy (non-hydrogen) atoms. The van der Waals surface area contributed by atoms with Crippen LogP contribution in [0.2, 0.25) is 0 Å². The molecule has 1 saturated heterocycles. The number of alkyl halides is 3. The Balaban J connectivity index is 2.12. The lowest BCUT2D eigenvalue weighted by molar-refractivity contribution is -0.200. The van der Waals surface area contributed by atoms with E-state index in [0.717, 1.165) is 19.1 Å². The number of nitrogens with one attached hydrogen (secondary N) is 7. The second-order valence-electron chi connectivity index (χ2n) is 15.3. The number of thioether (sulfide) groups is 1. The lowest BCUT2D eigenvalue weighted by Crippen LogP contribution is -2.65. The average molecular weight is 980 g/mol. The van der Waals surface area contributed by atoms with Gasteiger partial charge in [0, 0.05) is 24.8 Å². The van der Waals surface area contributed by atoms with Gasteiger partial charge in [-0.25, -0.2) is 9.59 Å². The van der Waals surface area contributed by atoms with Crippen molar-refractivity contribution in [1.82, 2.24) is 37.2 Å². The van der Waals surface area contributed by atoms with Crippen molar-refractivity contribution >= 4 is 65.1 Å². The Bertz CT molecular complexity index is 1870. The number of rotatable bonds is 25. The lowest BCUT2D eigenvalue weighted by Gasteiger charge is -2.44. The molecule has 26 heteroatoms. The van der Waals surface area contributed by atoms with Crippen molar-refractivity contribution in [3.63, 3.8) is 0 Å². The number of hydrogen-bond donors (Lipinski definition) is 9. The smallest absolute Gasteiger partial charge is 0.467 e. The number of carbonyl (C=O) groups is 9. The fraction of sp³-hybridized carbons (Fsp3) is 0.634. The van der Waals surface area contributed by atoms with Crippen molar-refractivity contribution < 1.29 is 85.5 Å². The van der Waals surface area contributed by atoms with Gasteiger partial charge in [0.15, 0.2) is 0 Å². The van der Waals surface area contributed by atoms with Crippen LogP contribution < -0.4 is 37.2 Å². The third-order valence-electron chi connectivity index (χ3n) is 9.94. The molecule has 1 aromatic rings. The van der Waals surface area contributed by atoms with Gasteiger partial charge in [-0.05, 0) is 65.5 Å². The standard InChI is InChI=1S/C41H60F3N7O15S/c1-20(33(56)48-22(3)37(60)63-6)47-36(59)26(15-11-12-18-45-40(62)41(42,43)44)50-29(54)17-16-27(38(61)64-7)51-34(57)21(2)46-35(58)23(4)65-32-30(49-24(5)53)39(66-28(19-52)31(32)55)67-25-13-9-8-10-14-25/h8-10,13-14,20-23,26-28,30-32,39,52,55H,11-12,15-19H2,1-7H3,(H,45,62)(H,46,58)(H,47,59)(H,48,56)(H,49,53)(H,50,54)(H,51,57)/t20-,21+,22-,23-,26+,27-,28-,30-,31-,32-,39-/m1/s1. The van der Waals surface area contributed by atoms with Crippen LogP contribution in [-0.4, -0.2) is 163 Å². The number of carbonyl (C=O) groups excluding carboxylic acids is 9. The van der Waals surface area contributed by atoms with Gasteiger partial charge in [0.1, 0.15) is 60.1 Å². The molecule has 1 aliphatic heterocycles. The van der Waals surface area contributed by atoms with Gasteiger partial charge >= 0.3 is 24.0 Å². The zero-order valence-electron chi connectivity index (χ0n) is 37.9. The summed E-state index contributed by atoms with van der Waals surface area (Å²) in [5, 5.41) is 37.4. The third-order valence-corrected chi connectivity index (χ3v) is 11.1. The molecular formula is C41H60F3N7O15S. The fourth-order valence-corrected chi connectivity index (χ4v) is 7.42. The van der Waals surface area contributed by atoms with E-state index in [2.05, 4.69) is 36.6 Å². The molecule has 1 aromatic carbocycles. The van der Waals surface area contributed by atoms with E-state index in [4.69, 9.17) is 14.2 Å². The molecule has 22 nitrogen and oxygen atoms in total. The summed E-state index contributed by atoms with van der Waals surface area (Å²) in [5.74, 6) is -8.77. The molecule has 376 valence electrons. The van der Waals surface area contributed by atoms with Crippen LogP contribution in [0, 0.1) is 0 Å². The zero-order chi connectivity index (χ0) is 50.6. The number of unbranched alkanes of at least 4 members (excludes halogenated alkanes) is 1. The van der Waals surface area contributed by atoms with Crippen molar-refractivity contribution in [3.05, 3.63) is 30.3 Å². The van der Waals surface area contributed by atoms with Crippen LogP contribution in [0.4, 0.5) is 13.2 Å². The number of esters is 2. The SMILES string of the molecule is COC(=O)[C@@H](C)NC(=O)[C@@H](C)NC(=O)[C@H](CCCCNC(=O)C(F)(F)F)NC(=O)CC[C@@H](NC(=O)[C@H](C)NC(=O)[C@@H](C)O[C@H]1[C@H](O)[C@@H](CO)O[C@H](Sc2ccccc2)[C@@H]1NC(C)=O)C(=O)OC. The first-order valence-corrected chi connectivity index (χ1v) is 21.9. The first-order chi connectivity index (χ1) is 31.4. The molecule has 0 unspecified atom stereocenters. The topological polar surface area (TPSA) is 315 Å². The van der Waals surface area contributed by atoms with E-state index >= 15 is 0 Å². The summed E-state index contributed by atoms with van der Waals surface area (Å²) in [6, 6.07) is 1.31. The highest BCUT2D eigenvalue weighted by atomic mass is 32.2. The normalized spacial score (nSPS) is 20.7. The molecule has 1 heterocycles. The molecule has 0 aromatic heterocycles. The summed E-state index contributed by atoms with van der Waals surface area (Å²) < 4.78 is 59.0. The number of amides is 7. The van der Waals surface area contributed by atoms with Crippen LogP contribution >= 0.6 is 11.8 Å². The van der Waals surface area contributed by atoms with E-state index in [0.29, 0.717) is 0 Å². The van der Waals surface area contributed by atoms with Crippen molar-refractivity contribution in [2.75, 3.05) is 27.4 Å². The Hall–Kier alpha value is -5.57. The van der Waals surface area contributed by atoms with E-state index < -0.39 is 152 Å². The largest absolute Gasteiger partial charge is 0.471 e. The van der Waals surface area contributed by atoms with E-state index in [-0.39, 0.29) is 19.3 Å². The molecule has 1 aliphatic rings. The predicted octanol–water partition coefficient (Wildman–Crippen LogP) is -1.41. The second-order valence-corrected chi connectivity index (χ2v) is 16.5. The van der Waals surface area contributed by atoms with E-state index in [1.165, 1.54) is 46.4 Å². The van der Waals surface area contributed by atoms with Gasteiger partial charge < -0.3 is 66.4 Å². The number of hydrogen-bond acceptors (Lipinski definition) is 16. The fourth-order valence-electron chi connectivity index (χ4n) is 6.27. The summed E-state index contributed by atoms with van der Waals surface area (Å²) in [5.41, 5.74) is -0.890. The van der Waals surface area contributed by atoms with Crippen LogP contribution in [0.3, 0.4) is 0 Å². The number of halogens is 3. The van der Waals surface area contributed by atoms with Gasteiger partial charge in [-0.1, -0.05) is 30.0 Å². The minimum absolute atomic E-state index is 0.00682. The van der Waals surface area contributed by atoms with Gasteiger partial charge in [0.05, 0.1) is 26.9 Å². The lowest BCUT2D eigenvalue weighted by atomic mass is 9.97. The van der Waals surface area contributed by atoms with Crippen molar-refractivity contribution in [3.8, 4) is 0 Å². The minimum atomic E-state index is -5.12. The first-order valence-electron chi connectivity index (χ1n) is 21.0. The number of ether oxygens (including phenoxy) is 4. The second kappa shape index (κ2) is 27.9. The molecule has 0 radical (unpaired) electrons. The third kappa shape index (κ3) is 19.3. The Morgan fingerprint density at radius 3 is 1.91 bits per heavy atom. The van der Waals surface area contributed by atoms with Crippen LogP contribution in [0.5, 0.6) is 0 Å². The molecule has 0 saturated carbocycles. The Labute approximate surface area is 388 Å². The molecule has 0 bridgehead atoms. The summed E-state index contributed by atoms with van der Waals surface area (Å²) in [6.07, 6.45) is -11.7. The highest BCUT2D eigenvalue weighted by Crippen LogP contribution is 2.35. The van der Waals surface area contributed by atoms with Crippen LogP contribution in [0.1, 0.15) is 66.7 Å². The molecule has 0 aliphatic carbocycles. The summed E-state index contributed by atoms with van der Waals surface area (Å²) >= 11 is 1.18. The van der Waals surface area contributed by atoms with E-state index in [1.807, 2.05) is 0 Å². The predicted molar refractivity (Wildman–Crippen MR) is 229 cm³/mol. The molecular weight excluding hydrogens is 920 g/mol. The molecule has 9 N–H and O–H groups in total. The Morgan fingerprint density at radius 2 is 1.34 bits per heavy atom. The van der Waals surface area contributed by atoms with E-state index in [9.17, 15) is 66.5 Å². The summed E-state index contributed by atoms with van der Waals surface area (Å²) in [7, 11) is 2.11. The number of aliphatic hydroxyl groups excluding tert-OH is 2. The maximum Gasteiger partial charge on any atom is 0.471 e. The van der Waals surface area contributed by atoms with Crippen LogP contribution in [-0.2, 0) is 62.1 Å². The van der Waals surface area contributed by atoms with Gasteiger partial charge in [0.25, 0.3) is 0 Å². The van der Waals surface area contributed by atoms with Crippen molar-refractivity contribution in [1.29, 1.82) is 0 Å². The van der Waals surface area contributed by atoms with Gasteiger partial charge in [-0.3, -0.25) is 33.6 Å². The summed E-state index contributed by atoms with van der Waals surface area (Å²) in [4.78, 5) is 114. The van der Waals surface area contributed by atoms with Gasteiger partial charge in [-0.15, -0.1) is 0 Å². The Kier molecular flexibility index (Phi) is 24.0. The van der Waals surface area contributed by atoms with Gasteiger partial charge in [-0.2, -0.15) is 13.2 Å². The van der Waals surface area contributed by atoms with Crippen molar-refractivity contribution in [2.45, 2.75) is 144 Å². The Morgan fingerprint density at radius 1 is 0.761 bits per heavy atom. The highest BCUT2D eigenvalue weighted by Gasteiger charge is 2.48. The van der Waals surface area contributed by atoms with Crippen LogP contribution in [0.15, 0.2) is 35.2 Å². The average Bonchev–Trinajstić information content (AvgIpc) is 3.27. The quantitative estimate of drug-likeness (QED) is 0.0402. The molecule has 11 atom stereocenters. The molecule has 2 rings (SSSR count). The van der Waals surface area contributed by atoms with Crippen molar-refractivity contribution in [2.24, 2.45) is 0 Å². The zero-order valence-corrected chi connectivity index (χ0v) is 38.7. The molecule has 7 amide bonds. The number of aliphatic hydroxyl groups is 2. The minimum Gasteiger partial charge on any atom is -0.467 e. The number of benzene rings is 1. The highest BCUT2D eigenvalue weighted by molar-refractivity contribution is 7.99. The van der Waals surface area contributed by atoms with Gasteiger partial charge in [0.2, 0.25) is 35.4 Å². The van der Waals surface area contributed by atoms with E-state index in [1.54, 1.807) is 35.6 Å². The van der Waals surface area contributed by atoms with Crippen LogP contribution in [0.25, 0.3) is 0 Å². The molecule has 0 spiro atoms. The number of methoxy groups -OCH3 is 2. The maximum absolute atomic E-state index is 13.4. The monoisotopic (exact) mass is 979 g/mol.